The van der Waals surface area contributed by atoms with E-state index in [1.807, 2.05) is 109 Å². The van der Waals surface area contributed by atoms with Crippen LogP contribution < -0.4 is 0 Å². The molecule has 0 amide bonds. The van der Waals surface area contributed by atoms with Crippen LogP contribution in [0.2, 0.25) is 0 Å². The van der Waals surface area contributed by atoms with Gasteiger partial charge in [0.2, 0.25) is 0 Å². The number of benzene rings is 7. The fourth-order valence-corrected chi connectivity index (χ4v) is 6.77. The average Bonchev–Trinajstić information content (AvgIpc) is 3.53. The summed E-state index contributed by atoms with van der Waals surface area (Å²) in [4.78, 5) is 15.0. The molecule has 9 aromatic rings. The first kappa shape index (κ1) is 30.3. The second-order valence-corrected chi connectivity index (χ2v) is 12.3. The van der Waals surface area contributed by atoms with Gasteiger partial charge in [-0.15, -0.1) is 0 Å². The van der Waals surface area contributed by atoms with Gasteiger partial charge in [-0.2, -0.15) is 0 Å². The van der Waals surface area contributed by atoms with E-state index < -0.39 is 11.6 Å². The monoisotopic (exact) mass is 662 g/mol. The fourth-order valence-electron chi connectivity index (χ4n) is 6.77. The van der Waals surface area contributed by atoms with Gasteiger partial charge in [0.15, 0.2) is 29.1 Å². The van der Waals surface area contributed by atoms with Gasteiger partial charge in [-0.05, 0) is 47.0 Å². The first-order valence-electron chi connectivity index (χ1n) is 16.7. The van der Waals surface area contributed by atoms with Gasteiger partial charge in [-0.25, -0.2) is 23.7 Å². The van der Waals surface area contributed by atoms with E-state index in [2.05, 4.69) is 47.0 Å². The zero-order chi connectivity index (χ0) is 34.3. The van der Waals surface area contributed by atoms with Gasteiger partial charge < -0.3 is 4.57 Å². The maximum atomic E-state index is 15.4. The number of nitrogens with zero attached hydrogens (tertiary/aromatic N) is 4. The highest BCUT2D eigenvalue weighted by molar-refractivity contribution is 6.10. The quantitative estimate of drug-likeness (QED) is 0.178. The topological polar surface area (TPSA) is 43.6 Å². The molecule has 0 saturated heterocycles. The van der Waals surface area contributed by atoms with Gasteiger partial charge >= 0.3 is 0 Å². The molecule has 0 aliphatic heterocycles. The number of fused-ring (bicyclic) bond motifs is 3. The van der Waals surface area contributed by atoms with Crippen molar-refractivity contribution in [3.63, 3.8) is 0 Å². The van der Waals surface area contributed by atoms with Crippen LogP contribution in [0.3, 0.4) is 0 Å². The lowest BCUT2D eigenvalue weighted by atomic mass is 10.00. The Balaban J connectivity index is 1.37. The standard InChI is InChI=1S/C45H28F2N4/c46-38-21-12-20-34(42(38)47)33-24-26-40(51-39-22-11-10-19-35(39)36-25-23-32(28-41(36)51)29-13-4-1-5-14-29)37(27-33)45-49-43(30-15-6-2-7-16-30)48-44(50-45)31-17-8-3-9-18-31/h1-28H. The first-order valence-corrected chi connectivity index (χ1v) is 16.7. The summed E-state index contributed by atoms with van der Waals surface area (Å²) in [6.45, 7) is 0. The van der Waals surface area contributed by atoms with Crippen molar-refractivity contribution >= 4 is 21.8 Å². The molecule has 0 aliphatic carbocycles. The molecule has 2 heterocycles. The van der Waals surface area contributed by atoms with E-state index in [0.717, 1.165) is 55.8 Å². The Kier molecular flexibility index (Phi) is 7.47. The number of rotatable bonds is 6. The molecule has 0 spiro atoms. The lowest BCUT2D eigenvalue weighted by molar-refractivity contribution is 0.511. The summed E-state index contributed by atoms with van der Waals surface area (Å²) in [5.41, 5.74) is 7.89. The van der Waals surface area contributed by atoms with Gasteiger partial charge in [0.05, 0.1) is 16.7 Å². The Morgan fingerprint density at radius 1 is 0.373 bits per heavy atom. The Morgan fingerprint density at radius 3 is 1.63 bits per heavy atom. The van der Waals surface area contributed by atoms with Crippen molar-refractivity contribution in [2.75, 3.05) is 0 Å². The number of hydrogen-bond donors (Lipinski definition) is 0. The molecule has 0 saturated carbocycles. The van der Waals surface area contributed by atoms with E-state index in [9.17, 15) is 4.39 Å². The van der Waals surface area contributed by atoms with Crippen LogP contribution in [-0.2, 0) is 0 Å². The van der Waals surface area contributed by atoms with Crippen LogP contribution in [0.25, 0.3) is 83.9 Å². The van der Waals surface area contributed by atoms with Crippen molar-refractivity contribution in [3.8, 4) is 62.1 Å². The minimum atomic E-state index is -0.911. The van der Waals surface area contributed by atoms with Crippen molar-refractivity contribution in [2.45, 2.75) is 0 Å². The molecule has 9 rings (SSSR count). The smallest absolute Gasteiger partial charge is 0.166 e. The average molecular weight is 663 g/mol. The second-order valence-electron chi connectivity index (χ2n) is 12.3. The molecule has 7 aromatic carbocycles. The third-order valence-corrected chi connectivity index (χ3v) is 9.22. The van der Waals surface area contributed by atoms with Crippen molar-refractivity contribution < 1.29 is 8.78 Å². The van der Waals surface area contributed by atoms with Crippen LogP contribution >= 0.6 is 0 Å². The lowest BCUT2D eigenvalue weighted by Crippen LogP contribution is -2.04. The normalized spacial score (nSPS) is 11.3. The van der Waals surface area contributed by atoms with Crippen molar-refractivity contribution in [2.24, 2.45) is 0 Å². The predicted molar refractivity (Wildman–Crippen MR) is 201 cm³/mol. The van der Waals surface area contributed by atoms with E-state index in [1.165, 1.54) is 6.07 Å². The Hall–Kier alpha value is -6.79. The highest BCUT2D eigenvalue weighted by Crippen LogP contribution is 2.40. The molecule has 0 atom stereocenters. The summed E-state index contributed by atoms with van der Waals surface area (Å²) >= 11 is 0. The highest BCUT2D eigenvalue weighted by Gasteiger charge is 2.21. The molecule has 51 heavy (non-hydrogen) atoms. The molecule has 0 bridgehead atoms. The van der Waals surface area contributed by atoms with E-state index in [1.54, 1.807) is 6.07 Å². The molecule has 0 unspecified atom stereocenters. The Morgan fingerprint density at radius 2 is 0.941 bits per heavy atom. The SMILES string of the molecule is Fc1cccc(-c2ccc(-n3c4ccccc4c4ccc(-c5ccccc5)cc43)c(-c3nc(-c4ccccc4)nc(-c4ccccc4)n3)c2)c1F. The molecule has 0 aliphatic rings. The molecule has 4 nitrogen and oxygen atoms in total. The molecule has 242 valence electrons. The maximum absolute atomic E-state index is 15.4. The van der Waals surface area contributed by atoms with Gasteiger partial charge in [0.1, 0.15) is 0 Å². The van der Waals surface area contributed by atoms with Crippen LogP contribution in [0.1, 0.15) is 0 Å². The van der Waals surface area contributed by atoms with Crippen molar-refractivity contribution in [1.82, 2.24) is 19.5 Å². The molecule has 0 radical (unpaired) electrons. The minimum Gasteiger partial charge on any atom is -0.308 e. The Labute approximate surface area is 293 Å². The fraction of sp³-hybridized carbons (Fsp3) is 0. The zero-order valence-electron chi connectivity index (χ0n) is 27.2. The number of halogens is 2. The molecular weight excluding hydrogens is 635 g/mol. The van der Waals surface area contributed by atoms with Gasteiger partial charge in [0.25, 0.3) is 0 Å². The number of para-hydroxylation sites is 1. The highest BCUT2D eigenvalue weighted by atomic mass is 19.2. The second kappa shape index (κ2) is 12.6. The largest absolute Gasteiger partial charge is 0.308 e. The summed E-state index contributed by atoms with van der Waals surface area (Å²) < 4.78 is 32.2. The van der Waals surface area contributed by atoms with E-state index >= 15 is 4.39 Å². The lowest BCUT2D eigenvalue weighted by Gasteiger charge is -2.17. The maximum Gasteiger partial charge on any atom is 0.166 e. The number of aromatic nitrogens is 4. The molecule has 0 fully saturated rings. The molecule has 2 aromatic heterocycles. The third-order valence-electron chi connectivity index (χ3n) is 9.22. The van der Waals surface area contributed by atoms with Crippen molar-refractivity contribution in [1.29, 1.82) is 0 Å². The van der Waals surface area contributed by atoms with Crippen LogP contribution in [0.5, 0.6) is 0 Å². The van der Waals surface area contributed by atoms with Crippen LogP contribution in [0.4, 0.5) is 8.78 Å². The summed E-state index contributed by atoms with van der Waals surface area (Å²) in [5.74, 6) is -0.415. The zero-order valence-corrected chi connectivity index (χ0v) is 27.2. The third kappa shape index (κ3) is 5.43. The van der Waals surface area contributed by atoms with Crippen LogP contribution in [-0.4, -0.2) is 19.5 Å². The summed E-state index contributed by atoms with van der Waals surface area (Å²) in [6.07, 6.45) is 0. The van der Waals surface area contributed by atoms with E-state index in [-0.39, 0.29) is 5.56 Å². The Bertz CT molecular complexity index is 2650. The van der Waals surface area contributed by atoms with E-state index in [0.29, 0.717) is 28.6 Å². The van der Waals surface area contributed by atoms with Crippen LogP contribution in [0.15, 0.2) is 170 Å². The summed E-state index contributed by atoms with van der Waals surface area (Å²) in [6, 6.07) is 54.5. The minimum absolute atomic E-state index is 0.150. The molecule has 0 N–H and O–H groups in total. The van der Waals surface area contributed by atoms with Crippen LogP contribution in [0, 0.1) is 11.6 Å². The summed E-state index contributed by atoms with van der Waals surface area (Å²) in [5, 5.41) is 2.17. The molecular formula is C45H28F2N4. The van der Waals surface area contributed by atoms with Gasteiger partial charge in [-0.1, -0.05) is 140 Å². The molecule has 6 heteroatoms. The van der Waals surface area contributed by atoms with Gasteiger partial charge in [0, 0.05) is 33.0 Å². The number of hydrogen-bond acceptors (Lipinski definition) is 3. The first-order chi connectivity index (χ1) is 25.1. The van der Waals surface area contributed by atoms with Gasteiger partial charge in [-0.3, -0.25) is 0 Å². The summed E-state index contributed by atoms with van der Waals surface area (Å²) in [7, 11) is 0. The predicted octanol–water partition coefficient (Wildman–Crippen LogP) is 11.6. The van der Waals surface area contributed by atoms with Crippen molar-refractivity contribution in [3.05, 3.63) is 181 Å². The van der Waals surface area contributed by atoms with E-state index in [4.69, 9.17) is 15.0 Å².